The van der Waals surface area contributed by atoms with E-state index in [1.54, 1.807) is 6.08 Å². The highest BCUT2D eigenvalue weighted by molar-refractivity contribution is 6.74. The van der Waals surface area contributed by atoms with Gasteiger partial charge < -0.3 is 23.4 Å². The Hall–Kier alpha value is -0.243. The SMILES string of the molecule is C=CCO[C@@H]1OC[C@H]2OC(C)(C)O[C@H]2[C@@H]1O[Si](C)(C)C(C)(C)C. The van der Waals surface area contributed by atoms with Crippen molar-refractivity contribution in [3.05, 3.63) is 12.7 Å². The first-order chi connectivity index (χ1) is 10.5. The fraction of sp³-hybridized carbons (Fsp3) is 0.882. The summed E-state index contributed by atoms with van der Waals surface area (Å²) in [5.41, 5.74) is 0. The van der Waals surface area contributed by atoms with E-state index in [0.29, 0.717) is 13.2 Å². The molecule has 134 valence electrons. The van der Waals surface area contributed by atoms with Crippen LogP contribution in [0.2, 0.25) is 18.1 Å². The van der Waals surface area contributed by atoms with E-state index in [1.807, 2.05) is 13.8 Å². The predicted octanol–water partition coefficient (Wildman–Crippen LogP) is 3.46. The molecule has 2 rings (SSSR count). The lowest BCUT2D eigenvalue weighted by Gasteiger charge is -2.45. The molecule has 2 aliphatic heterocycles. The first kappa shape index (κ1) is 19.1. The maximum Gasteiger partial charge on any atom is 0.192 e. The van der Waals surface area contributed by atoms with E-state index in [2.05, 4.69) is 40.4 Å². The molecule has 0 N–H and O–H groups in total. The van der Waals surface area contributed by atoms with E-state index in [-0.39, 0.29) is 23.4 Å². The summed E-state index contributed by atoms with van der Waals surface area (Å²) < 4.78 is 30.4. The van der Waals surface area contributed by atoms with Crippen molar-refractivity contribution in [3.63, 3.8) is 0 Å². The largest absolute Gasteiger partial charge is 0.406 e. The molecule has 2 heterocycles. The van der Waals surface area contributed by atoms with Crippen LogP contribution in [-0.4, -0.2) is 51.9 Å². The second-order valence-corrected chi connectivity index (χ2v) is 13.1. The number of hydrogen-bond acceptors (Lipinski definition) is 5. The Morgan fingerprint density at radius 3 is 2.48 bits per heavy atom. The molecule has 6 heteroatoms. The minimum Gasteiger partial charge on any atom is -0.406 e. The van der Waals surface area contributed by atoms with Crippen LogP contribution in [0.4, 0.5) is 0 Å². The molecule has 2 aliphatic rings. The summed E-state index contributed by atoms with van der Waals surface area (Å²) in [5, 5.41) is 0.0951. The van der Waals surface area contributed by atoms with Gasteiger partial charge in [-0.3, -0.25) is 0 Å². The van der Waals surface area contributed by atoms with Gasteiger partial charge >= 0.3 is 0 Å². The fourth-order valence-electron chi connectivity index (χ4n) is 2.66. The first-order valence-electron chi connectivity index (χ1n) is 8.34. The summed E-state index contributed by atoms with van der Waals surface area (Å²) in [6, 6.07) is 0. The lowest BCUT2D eigenvalue weighted by Crippen LogP contribution is -2.58. The van der Waals surface area contributed by atoms with Crippen LogP contribution in [0.25, 0.3) is 0 Å². The highest BCUT2D eigenvalue weighted by Crippen LogP contribution is 2.42. The molecule has 0 spiro atoms. The van der Waals surface area contributed by atoms with E-state index in [4.69, 9.17) is 23.4 Å². The van der Waals surface area contributed by atoms with Crippen LogP contribution < -0.4 is 0 Å². The number of fused-ring (bicyclic) bond motifs is 1. The molecule has 2 fully saturated rings. The Labute approximate surface area is 141 Å². The quantitative estimate of drug-likeness (QED) is 0.564. The fourth-order valence-corrected chi connectivity index (χ4v) is 3.93. The van der Waals surface area contributed by atoms with Gasteiger partial charge in [0.25, 0.3) is 0 Å². The van der Waals surface area contributed by atoms with Gasteiger partial charge in [0.05, 0.1) is 13.2 Å². The molecule has 4 atom stereocenters. The molecule has 0 aromatic carbocycles. The maximum atomic E-state index is 6.61. The van der Waals surface area contributed by atoms with Crippen molar-refractivity contribution in [2.45, 2.75) is 83.1 Å². The molecule has 0 aliphatic carbocycles. The molecule has 0 aromatic heterocycles. The van der Waals surface area contributed by atoms with Crippen LogP contribution in [0.1, 0.15) is 34.6 Å². The van der Waals surface area contributed by atoms with Crippen LogP contribution >= 0.6 is 0 Å². The molecule has 0 unspecified atom stereocenters. The van der Waals surface area contributed by atoms with Crippen LogP contribution in [0.5, 0.6) is 0 Å². The van der Waals surface area contributed by atoms with E-state index in [1.165, 1.54) is 0 Å². The number of rotatable bonds is 5. The minimum atomic E-state index is -2.00. The van der Waals surface area contributed by atoms with E-state index in [9.17, 15) is 0 Å². The second kappa shape index (κ2) is 6.58. The third kappa shape index (κ3) is 4.24. The van der Waals surface area contributed by atoms with Crippen LogP contribution in [0, 0.1) is 0 Å². The van der Waals surface area contributed by atoms with Crippen molar-refractivity contribution in [2.75, 3.05) is 13.2 Å². The van der Waals surface area contributed by atoms with Crippen molar-refractivity contribution < 1.29 is 23.4 Å². The standard InChI is InChI=1S/C17H32O5Si/c1-9-10-18-15-14(22-23(7,8)16(2,3)4)13-12(11-19-15)20-17(5,6)21-13/h9,12-15H,1,10-11H2,2-8H3/t12-,13-,14+,15-/m1/s1. The lowest BCUT2D eigenvalue weighted by atomic mass is 10.1. The topological polar surface area (TPSA) is 46.2 Å². The highest BCUT2D eigenvalue weighted by atomic mass is 28.4. The number of ether oxygens (including phenoxy) is 4. The predicted molar refractivity (Wildman–Crippen MR) is 91.8 cm³/mol. The van der Waals surface area contributed by atoms with Crippen LogP contribution in [0.3, 0.4) is 0 Å². The monoisotopic (exact) mass is 344 g/mol. The summed E-state index contributed by atoms with van der Waals surface area (Å²) in [4.78, 5) is 0. The molecule has 0 aromatic rings. The Bertz CT molecular complexity index is 429. The van der Waals surface area contributed by atoms with Crippen molar-refractivity contribution in [2.24, 2.45) is 0 Å². The molecule has 5 nitrogen and oxygen atoms in total. The van der Waals surface area contributed by atoms with E-state index < -0.39 is 20.4 Å². The van der Waals surface area contributed by atoms with Crippen molar-refractivity contribution in [1.29, 1.82) is 0 Å². The summed E-state index contributed by atoms with van der Waals surface area (Å²) in [7, 11) is -2.00. The molecular weight excluding hydrogens is 312 g/mol. The van der Waals surface area contributed by atoms with Gasteiger partial charge in [0, 0.05) is 0 Å². The maximum absolute atomic E-state index is 6.61. The summed E-state index contributed by atoms with van der Waals surface area (Å²) in [6.45, 7) is 19.5. The van der Waals surface area contributed by atoms with Gasteiger partial charge in [-0.15, -0.1) is 6.58 Å². The third-order valence-corrected chi connectivity index (χ3v) is 9.33. The Kier molecular flexibility index (Phi) is 5.46. The van der Waals surface area contributed by atoms with Gasteiger partial charge in [-0.25, -0.2) is 0 Å². The van der Waals surface area contributed by atoms with Crippen molar-refractivity contribution >= 4 is 8.32 Å². The number of hydrogen-bond donors (Lipinski definition) is 0. The average molecular weight is 345 g/mol. The second-order valence-electron chi connectivity index (χ2n) is 8.31. The molecule has 0 radical (unpaired) electrons. The minimum absolute atomic E-state index is 0.0951. The Morgan fingerprint density at radius 2 is 1.91 bits per heavy atom. The van der Waals surface area contributed by atoms with Gasteiger partial charge in [-0.05, 0) is 32.0 Å². The highest BCUT2D eigenvalue weighted by Gasteiger charge is 2.54. The van der Waals surface area contributed by atoms with Gasteiger partial charge in [0.2, 0.25) is 0 Å². The zero-order valence-corrected chi connectivity index (χ0v) is 16.5. The van der Waals surface area contributed by atoms with E-state index in [0.717, 1.165) is 0 Å². The zero-order chi connectivity index (χ0) is 17.5. The zero-order valence-electron chi connectivity index (χ0n) is 15.5. The average Bonchev–Trinajstić information content (AvgIpc) is 2.71. The summed E-state index contributed by atoms with van der Waals surface area (Å²) >= 11 is 0. The van der Waals surface area contributed by atoms with Gasteiger partial charge in [0.15, 0.2) is 20.4 Å². The summed E-state index contributed by atoms with van der Waals surface area (Å²) in [6.07, 6.45) is 0.665. The molecule has 0 amide bonds. The third-order valence-electron chi connectivity index (χ3n) is 4.85. The molecule has 0 bridgehead atoms. The lowest BCUT2D eigenvalue weighted by molar-refractivity contribution is -0.243. The van der Waals surface area contributed by atoms with Gasteiger partial charge in [0.1, 0.15) is 18.3 Å². The normalized spacial score (nSPS) is 34.2. The van der Waals surface area contributed by atoms with Crippen molar-refractivity contribution in [3.8, 4) is 0 Å². The Balaban J connectivity index is 2.21. The molecular formula is C17H32O5Si. The van der Waals surface area contributed by atoms with Crippen molar-refractivity contribution in [1.82, 2.24) is 0 Å². The molecule has 2 saturated heterocycles. The molecule has 0 saturated carbocycles. The van der Waals surface area contributed by atoms with E-state index >= 15 is 0 Å². The first-order valence-corrected chi connectivity index (χ1v) is 11.3. The Morgan fingerprint density at radius 1 is 1.26 bits per heavy atom. The van der Waals surface area contributed by atoms with Gasteiger partial charge in [-0.2, -0.15) is 0 Å². The van der Waals surface area contributed by atoms with Crippen LogP contribution in [-0.2, 0) is 23.4 Å². The van der Waals surface area contributed by atoms with Crippen LogP contribution in [0.15, 0.2) is 12.7 Å². The smallest absolute Gasteiger partial charge is 0.192 e. The summed E-state index contributed by atoms with van der Waals surface area (Å²) in [5.74, 6) is -0.624. The molecule has 23 heavy (non-hydrogen) atoms. The van der Waals surface area contributed by atoms with Gasteiger partial charge in [-0.1, -0.05) is 26.8 Å².